The van der Waals surface area contributed by atoms with Crippen LogP contribution in [-0.2, 0) is 9.59 Å². The fourth-order valence-corrected chi connectivity index (χ4v) is 0.546. The van der Waals surface area contributed by atoms with E-state index in [4.69, 9.17) is 11.5 Å². The van der Waals surface area contributed by atoms with Gasteiger partial charge >= 0.3 is 6.18 Å². The zero-order valence-electron chi connectivity index (χ0n) is 8.18. The molecule has 0 aromatic carbocycles. The van der Waals surface area contributed by atoms with Crippen LogP contribution >= 0.6 is 0 Å². The number of carbonyl (C=O) groups is 2. The normalized spacial score (nSPS) is 17.7. The van der Waals surface area contributed by atoms with Crippen LogP contribution in [0, 0.1) is 0 Å². The molecule has 0 saturated carbocycles. The lowest BCUT2D eigenvalue weighted by Gasteiger charge is -2.27. The average molecular weight is 227 g/mol. The van der Waals surface area contributed by atoms with Gasteiger partial charge in [0.05, 0.1) is 0 Å². The quantitative estimate of drug-likeness (QED) is 0.592. The zero-order chi connectivity index (χ0) is 12.4. The van der Waals surface area contributed by atoms with Gasteiger partial charge in [0.1, 0.15) is 6.04 Å². The lowest BCUT2D eigenvalue weighted by molar-refractivity contribution is -0.187. The van der Waals surface area contributed by atoms with Gasteiger partial charge < -0.3 is 16.8 Å². The number of amides is 2. The van der Waals surface area contributed by atoms with Gasteiger partial charge in [0, 0.05) is 0 Å². The summed E-state index contributed by atoms with van der Waals surface area (Å²) in [7, 11) is 0. The van der Waals surface area contributed by atoms with Crippen LogP contribution in [-0.4, -0.2) is 29.6 Å². The Kier molecular flexibility index (Phi) is 3.70. The number of hydrogen-bond donors (Lipinski definition) is 3. The lowest BCUT2D eigenvalue weighted by atomic mass is 10.0. The molecule has 0 rings (SSSR count). The van der Waals surface area contributed by atoms with Crippen LogP contribution in [0.3, 0.4) is 0 Å². The van der Waals surface area contributed by atoms with Gasteiger partial charge in [-0.3, -0.25) is 9.59 Å². The first-order valence-corrected chi connectivity index (χ1v) is 3.96. The molecule has 2 unspecified atom stereocenters. The molecule has 2 atom stereocenters. The predicted octanol–water partition coefficient (Wildman–Crippen LogP) is -0.744. The average Bonchev–Trinajstić information content (AvgIpc) is 2.01. The molecule has 0 aliphatic carbocycles. The standard InChI is InChI=1S/C7H12F3N3O2/c1-3(4(11)14)13-5(15)6(2,12)7(8,9)10/h3H,12H2,1-2H3,(H2,11,14)(H,13,15). The molecule has 0 aliphatic rings. The van der Waals surface area contributed by atoms with Crippen molar-refractivity contribution in [3.63, 3.8) is 0 Å². The Bertz CT molecular complexity index is 275. The molecule has 0 spiro atoms. The Labute approximate surface area is 84.0 Å². The van der Waals surface area contributed by atoms with Crippen LogP contribution in [0.1, 0.15) is 13.8 Å². The minimum Gasteiger partial charge on any atom is -0.368 e. The van der Waals surface area contributed by atoms with E-state index >= 15 is 0 Å². The Hall–Kier alpha value is -1.31. The van der Waals surface area contributed by atoms with Crippen molar-refractivity contribution in [2.24, 2.45) is 11.5 Å². The zero-order valence-corrected chi connectivity index (χ0v) is 8.18. The second-order valence-corrected chi connectivity index (χ2v) is 3.30. The summed E-state index contributed by atoms with van der Waals surface area (Å²) in [5, 5.41) is 1.77. The molecule has 0 fully saturated rings. The molecule has 0 aromatic rings. The number of carbonyl (C=O) groups excluding carboxylic acids is 2. The maximum atomic E-state index is 12.2. The van der Waals surface area contributed by atoms with Crippen molar-refractivity contribution in [1.82, 2.24) is 5.32 Å². The van der Waals surface area contributed by atoms with Gasteiger partial charge in [-0.2, -0.15) is 13.2 Å². The second-order valence-electron chi connectivity index (χ2n) is 3.30. The van der Waals surface area contributed by atoms with Crippen molar-refractivity contribution in [3.8, 4) is 0 Å². The van der Waals surface area contributed by atoms with Gasteiger partial charge in [0.25, 0.3) is 0 Å². The molecule has 0 saturated heterocycles. The minimum absolute atomic E-state index is 0.510. The van der Waals surface area contributed by atoms with Crippen LogP contribution in [0.5, 0.6) is 0 Å². The van der Waals surface area contributed by atoms with Gasteiger partial charge in [0.2, 0.25) is 11.8 Å². The Morgan fingerprint density at radius 2 is 1.73 bits per heavy atom. The summed E-state index contributed by atoms with van der Waals surface area (Å²) in [5.74, 6) is -2.44. The summed E-state index contributed by atoms with van der Waals surface area (Å²) in [5.41, 5.74) is 6.51. The lowest BCUT2D eigenvalue weighted by Crippen LogP contribution is -2.63. The number of hydrogen-bond acceptors (Lipinski definition) is 3. The monoisotopic (exact) mass is 227 g/mol. The molecule has 0 aliphatic heterocycles. The molecule has 0 radical (unpaired) electrons. The van der Waals surface area contributed by atoms with Crippen molar-refractivity contribution in [3.05, 3.63) is 0 Å². The van der Waals surface area contributed by atoms with Gasteiger partial charge in [0.15, 0.2) is 5.54 Å². The fourth-order valence-electron chi connectivity index (χ4n) is 0.546. The van der Waals surface area contributed by atoms with Crippen molar-refractivity contribution in [2.75, 3.05) is 0 Å². The number of halogens is 3. The van der Waals surface area contributed by atoms with Gasteiger partial charge in [-0.1, -0.05) is 0 Å². The van der Waals surface area contributed by atoms with Crippen molar-refractivity contribution >= 4 is 11.8 Å². The van der Waals surface area contributed by atoms with E-state index in [2.05, 4.69) is 0 Å². The highest BCUT2D eigenvalue weighted by Gasteiger charge is 2.54. The predicted molar refractivity (Wildman–Crippen MR) is 45.4 cm³/mol. The third-order valence-corrected chi connectivity index (χ3v) is 1.83. The third kappa shape index (κ3) is 3.08. The first kappa shape index (κ1) is 13.7. The van der Waals surface area contributed by atoms with Crippen LogP contribution in [0.2, 0.25) is 0 Å². The maximum absolute atomic E-state index is 12.2. The molecule has 8 heteroatoms. The minimum atomic E-state index is -4.89. The molecule has 5 nitrogen and oxygen atoms in total. The van der Waals surface area contributed by atoms with Gasteiger partial charge in [-0.05, 0) is 13.8 Å². The van der Waals surface area contributed by atoms with E-state index in [0.717, 1.165) is 6.92 Å². The molecule has 5 N–H and O–H groups in total. The fraction of sp³-hybridized carbons (Fsp3) is 0.714. The van der Waals surface area contributed by atoms with Gasteiger partial charge in [-0.25, -0.2) is 0 Å². The van der Waals surface area contributed by atoms with Crippen molar-refractivity contribution in [2.45, 2.75) is 31.6 Å². The highest BCUT2D eigenvalue weighted by atomic mass is 19.4. The maximum Gasteiger partial charge on any atom is 0.415 e. The number of alkyl halides is 3. The number of rotatable bonds is 3. The van der Waals surface area contributed by atoms with Gasteiger partial charge in [-0.15, -0.1) is 0 Å². The van der Waals surface area contributed by atoms with Crippen molar-refractivity contribution in [1.29, 1.82) is 0 Å². The highest BCUT2D eigenvalue weighted by molar-refractivity contribution is 5.91. The third-order valence-electron chi connectivity index (χ3n) is 1.83. The number of primary amides is 1. The molecule has 0 bridgehead atoms. The summed E-state index contributed by atoms with van der Waals surface area (Å²) in [4.78, 5) is 21.6. The van der Waals surface area contributed by atoms with Crippen LogP contribution in [0.4, 0.5) is 13.2 Å². The Balaban J connectivity index is 4.66. The van der Waals surface area contributed by atoms with E-state index in [9.17, 15) is 22.8 Å². The molecule has 88 valence electrons. The van der Waals surface area contributed by atoms with Crippen LogP contribution in [0.25, 0.3) is 0 Å². The van der Waals surface area contributed by atoms with E-state index < -0.39 is 29.6 Å². The second kappa shape index (κ2) is 4.05. The summed E-state index contributed by atoms with van der Waals surface area (Å²) in [6.07, 6.45) is -4.89. The Morgan fingerprint density at radius 1 is 1.33 bits per heavy atom. The summed E-state index contributed by atoms with van der Waals surface area (Å²) < 4.78 is 36.7. The highest BCUT2D eigenvalue weighted by Crippen LogP contribution is 2.27. The van der Waals surface area contributed by atoms with E-state index in [0.29, 0.717) is 6.92 Å². The summed E-state index contributed by atoms with van der Waals surface area (Å²) in [6.45, 7) is 1.67. The van der Waals surface area contributed by atoms with Crippen LogP contribution < -0.4 is 16.8 Å². The van der Waals surface area contributed by atoms with Crippen molar-refractivity contribution < 1.29 is 22.8 Å². The van der Waals surface area contributed by atoms with E-state index in [1.165, 1.54) is 0 Å². The summed E-state index contributed by atoms with van der Waals surface area (Å²) >= 11 is 0. The smallest absolute Gasteiger partial charge is 0.368 e. The SMILES string of the molecule is CC(NC(=O)C(C)(N)C(F)(F)F)C(N)=O. The van der Waals surface area contributed by atoms with E-state index in [-0.39, 0.29) is 0 Å². The topological polar surface area (TPSA) is 98.2 Å². The largest absolute Gasteiger partial charge is 0.415 e. The molecule has 0 heterocycles. The molecule has 15 heavy (non-hydrogen) atoms. The van der Waals surface area contributed by atoms with E-state index in [1.807, 2.05) is 0 Å². The number of nitrogens with one attached hydrogen (secondary N) is 1. The van der Waals surface area contributed by atoms with Crippen LogP contribution in [0.15, 0.2) is 0 Å². The molecular weight excluding hydrogens is 215 g/mol. The summed E-state index contributed by atoms with van der Waals surface area (Å²) in [6, 6.07) is -1.21. The van der Waals surface area contributed by atoms with E-state index in [1.54, 1.807) is 5.32 Å². The molecular formula is C7H12F3N3O2. The molecule has 0 aromatic heterocycles. The Morgan fingerprint density at radius 3 is 2.00 bits per heavy atom. The number of nitrogens with two attached hydrogens (primary N) is 2. The molecule has 2 amide bonds. The first-order valence-electron chi connectivity index (χ1n) is 3.96. The first-order chi connectivity index (χ1) is 6.50.